The number of ether oxygens (including phenoxy) is 1. The van der Waals surface area contributed by atoms with Gasteiger partial charge in [0.1, 0.15) is 5.60 Å². The molecule has 0 bridgehead atoms. The third-order valence-corrected chi connectivity index (χ3v) is 3.51. The van der Waals surface area contributed by atoms with Crippen LogP contribution in [0.3, 0.4) is 0 Å². The highest BCUT2D eigenvalue weighted by atomic mass is 19.4. The summed E-state index contributed by atoms with van der Waals surface area (Å²) in [6.07, 6.45) is -4.46. The molecule has 0 radical (unpaired) electrons. The molecule has 0 aromatic rings. The van der Waals surface area contributed by atoms with Crippen LogP contribution >= 0.6 is 0 Å². The number of hydrogen-bond acceptors (Lipinski definition) is 3. The van der Waals surface area contributed by atoms with Crippen LogP contribution in [0.5, 0.6) is 0 Å². The van der Waals surface area contributed by atoms with Crippen LogP contribution in [-0.4, -0.2) is 28.5 Å². The van der Waals surface area contributed by atoms with Gasteiger partial charge in [-0.2, -0.15) is 13.2 Å². The molecule has 1 unspecified atom stereocenters. The molecule has 1 N–H and O–H groups in total. The van der Waals surface area contributed by atoms with Crippen molar-refractivity contribution in [2.45, 2.75) is 80.2 Å². The van der Waals surface area contributed by atoms with Gasteiger partial charge in [0.05, 0.1) is 5.41 Å². The van der Waals surface area contributed by atoms with Crippen LogP contribution in [0.2, 0.25) is 0 Å². The van der Waals surface area contributed by atoms with E-state index in [4.69, 9.17) is 4.74 Å². The fourth-order valence-electron chi connectivity index (χ4n) is 0.955. The molecule has 0 saturated carbocycles. The van der Waals surface area contributed by atoms with Crippen molar-refractivity contribution in [2.75, 3.05) is 0 Å². The Bertz CT molecular complexity index is 318. The van der Waals surface area contributed by atoms with Crippen LogP contribution in [0, 0.1) is 5.41 Å². The Morgan fingerprint density at radius 3 is 1.65 bits per heavy atom. The molecule has 0 aliphatic carbocycles. The van der Waals surface area contributed by atoms with Crippen LogP contribution in [-0.2, 0) is 9.53 Å². The Kier molecular flexibility index (Phi) is 8.23. The van der Waals surface area contributed by atoms with E-state index in [1.54, 1.807) is 20.8 Å². The maximum atomic E-state index is 12.7. The number of alkyl halides is 3. The highest BCUT2D eigenvalue weighted by Crippen LogP contribution is 2.41. The average molecular weight is 302 g/mol. The molecule has 0 aliphatic rings. The molecule has 1 atom stereocenters. The lowest BCUT2D eigenvalue weighted by Crippen LogP contribution is -2.60. The van der Waals surface area contributed by atoms with Crippen molar-refractivity contribution in [2.24, 2.45) is 5.41 Å². The largest absolute Gasteiger partial charge is 0.456 e. The maximum absolute atomic E-state index is 12.7. The van der Waals surface area contributed by atoms with E-state index in [1.807, 2.05) is 0 Å². The van der Waals surface area contributed by atoms with Gasteiger partial charge in [-0.1, -0.05) is 21.8 Å². The molecule has 0 aromatic carbocycles. The van der Waals surface area contributed by atoms with Crippen LogP contribution in [0.25, 0.3) is 0 Å². The Hall–Kier alpha value is -0.780. The summed E-state index contributed by atoms with van der Waals surface area (Å²) in [5.74, 6) is -0.764. The molecule has 0 saturated heterocycles. The van der Waals surface area contributed by atoms with Gasteiger partial charge in [-0.05, 0) is 41.0 Å². The molecule has 6 heteroatoms. The summed E-state index contributed by atoms with van der Waals surface area (Å²) >= 11 is 0. The average Bonchev–Trinajstić information content (AvgIpc) is 2.14. The highest BCUT2D eigenvalue weighted by molar-refractivity contribution is 5.76. The Morgan fingerprint density at radius 1 is 1.05 bits per heavy atom. The number of esters is 1. The lowest BCUT2D eigenvalue weighted by molar-refractivity contribution is -0.307. The molecule has 3 nitrogen and oxygen atoms in total. The van der Waals surface area contributed by atoms with E-state index in [1.165, 1.54) is 0 Å². The molecular formula is C14H29F3O3. The van der Waals surface area contributed by atoms with E-state index in [0.717, 1.165) is 13.8 Å². The number of rotatable bonds is 4. The number of aliphatic hydroxyl groups is 1. The van der Waals surface area contributed by atoms with Crippen LogP contribution < -0.4 is 0 Å². The van der Waals surface area contributed by atoms with Gasteiger partial charge >= 0.3 is 12.1 Å². The zero-order chi connectivity index (χ0) is 15.0. The van der Waals surface area contributed by atoms with E-state index < -0.39 is 28.8 Å². The molecule has 0 aromatic heterocycles. The Morgan fingerprint density at radius 2 is 1.40 bits per heavy atom. The summed E-state index contributed by atoms with van der Waals surface area (Å²) < 4.78 is 43.0. The number of carbonyl (C=O) groups excluding carboxylic acids is 1. The first-order valence-electron chi connectivity index (χ1n) is 5.71. The minimum Gasteiger partial charge on any atom is -0.456 e. The molecule has 124 valence electrons. The van der Waals surface area contributed by atoms with Crippen molar-refractivity contribution in [1.82, 2.24) is 0 Å². The van der Waals surface area contributed by atoms with Crippen molar-refractivity contribution in [1.29, 1.82) is 0 Å². The second kappa shape index (κ2) is 6.78. The lowest BCUT2D eigenvalue weighted by Gasteiger charge is -2.41. The van der Waals surface area contributed by atoms with Crippen molar-refractivity contribution in [3.8, 4) is 0 Å². The molecule has 0 spiro atoms. The normalized spacial score (nSPS) is 15.5. The molecule has 0 fully saturated rings. The number of carbonyl (C=O) groups is 1. The maximum Gasteiger partial charge on any atom is 0.420 e. The highest BCUT2D eigenvalue weighted by Gasteiger charge is 2.61. The van der Waals surface area contributed by atoms with Gasteiger partial charge < -0.3 is 9.84 Å². The van der Waals surface area contributed by atoms with Crippen LogP contribution in [0.15, 0.2) is 0 Å². The third-order valence-electron chi connectivity index (χ3n) is 3.51. The summed E-state index contributed by atoms with van der Waals surface area (Å²) in [4.78, 5) is 11.8. The first-order valence-corrected chi connectivity index (χ1v) is 5.71. The topological polar surface area (TPSA) is 46.5 Å². The smallest absolute Gasteiger partial charge is 0.420 e. The predicted molar refractivity (Wildman–Crippen MR) is 74.4 cm³/mol. The summed E-state index contributed by atoms with van der Waals surface area (Å²) in [5, 5.41) is 9.56. The summed E-state index contributed by atoms with van der Waals surface area (Å²) in [6, 6.07) is 0. The van der Waals surface area contributed by atoms with Crippen LogP contribution in [0.4, 0.5) is 13.2 Å². The lowest BCUT2D eigenvalue weighted by atomic mass is 9.85. The summed E-state index contributed by atoms with van der Waals surface area (Å²) in [5.41, 5.74) is -6.06. The fourth-order valence-corrected chi connectivity index (χ4v) is 0.955. The molecule has 0 heterocycles. The quantitative estimate of drug-likeness (QED) is 0.786. The van der Waals surface area contributed by atoms with E-state index in [0.29, 0.717) is 13.3 Å². The standard InChI is InChI=1S/C12H21F3O3.2CH4/c1-7-9(2,3)8(16)18-10(4,5)11(6,17)12(13,14)15;;/h17H,7H2,1-6H3;2*1H4. The summed E-state index contributed by atoms with van der Waals surface area (Å²) in [7, 11) is 0. The molecule has 0 rings (SSSR count). The minimum atomic E-state index is -4.88. The first kappa shape index (κ1) is 24.3. The van der Waals surface area contributed by atoms with Gasteiger partial charge in [-0.3, -0.25) is 4.79 Å². The van der Waals surface area contributed by atoms with Gasteiger partial charge in [0, 0.05) is 0 Å². The SMILES string of the molecule is C.C.CCC(C)(C)C(=O)OC(C)(C)C(C)(O)C(F)(F)F. The zero-order valence-corrected chi connectivity index (χ0v) is 11.6. The van der Waals surface area contributed by atoms with Crippen molar-refractivity contribution in [3.63, 3.8) is 0 Å². The van der Waals surface area contributed by atoms with Crippen molar-refractivity contribution in [3.05, 3.63) is 0 Å². The van der Waals surface area contributed by atoms with Gasteiger partial charge in [0.25, 0.3) is 0 Å². The Labute approximate surface area is 120 Å². The van der Waals surface area contributed by atoms with Gasteiger partial charge in [0.2, 0.25) is 0 Å². The second-order valence-corrected chi connectivity index (χ2v) is 5.71. The predicted octanol–water partition coefficient (Wildman–Crippen LogP) is 4.33. The molecule has 0 amide bonds. The zero-order valence-electron chi connectivity index (χ0n) is 11.6. The van der Waals surface area contributed by atoms with Crippen molar-refractivity contribution < 1.29 is 27.8 Å². The first-order chi connectivity index (χ1) is 7.69. The van der Waals surface area contributed by atoms with E-state index in [9.17, 15) is 23.1 Å². The number of halogens is 3. The third kappa shape index (κ3) is 4.65. The van der Waals surface area contributed by atoms with E-state index in [-0.39, 0.29) is 14.9 Å². The second-order valence-electron chi connectivity index (χ2n) is 5.71. The van der Waals surface area contributed by atoms with Gasteiger partial charge in [-0.15, -0.1) is 0 Å². The molecular weight excluding hydrogens is 273 g/mol. The summed E-state index contributed by atoms with van der Waals surface area (Å²) in [6.45, 7) is 7.57. The van der Waals surface area contributed by atoms with Crippen molar-refractivity contribution >= 4 is 5.97 Å². The Balaban J connectivity index is -0.00000144. The molecule has 20 heavy (non-hydrogen) atoms. The van der Waals surface area contributed by atoms with Crippen LogP contribution in [0.1, 0.15) is 62.8 Å². The van der Waals surface area contributed by atoms with Gasteiger partial charge in [0.15, 0.2) is 5.60 Å². The number of hydrogen-bond donors (Lipinski definition) is 1. The van der Waals surface area contributed by atoms with E-state index in [2.05, 4.69) is 0 Å². The molecule has 0 aliphatic heterocycles. The minimum absolute atomic E-state index is 0. The van der Waals surface area contributed by atoms with E-state index >= 15 is 0 Å². The monoisotopic (exact) mass is 302 g/mol. The fraction of sp³-hybridized carbons (Fsp3) is 0.929. The van der Waals surface area contributed by atoms with Gasteiger partial charge in [-0.25, -0.2) is 0 Å².